The molecule has 0 amide bonds. The number of pyridine rings is 1. The van der Waals surface area contributed by atoms with Gasteiger partial charge in [-0.3, -0.25) is 4.98 Å². The van der Waals surface area contributed by atoms with Gasteiger partial charge < -0.3 is 0 Å². The highest BCUT2D eigenvalue weighted by molar-refractivity contribution is 6.28. The molecule has 0 bridgehead atoms. The van der Waals surface area contributed by atoms with Gasteiger partial charge in [-0.05, 0) is 95.4 Å². The summed E-state index contributed by atoms with van der Waals surface area (Å²) in [5.74, 6) is 0.703. The first-order chi connectivity index (χ1) is 27.8. The van der Waals surface area contributed by atoms with Crippen LogP contribution in [0.1, 0.15) is 0 Å². The van der Waals surface area contributed by atoms with Crippen LogP contribution in [0.5, 0.6) is 0 Å². The predicted octanol–water partition coefficient (Wildman–Crippen LogP) is 13.8. The maximum Gasteiger partial charge on any atom is 0.161 e. The molecule has 1 aliphatic rings. The second kappa shape index (κ2) is 13.1. The first kappa shape index (κ1) is 32.0. The topological polar surface area (TPSA) is 38.7 Å². The third-order valence-electron chi connectivity index (χ3n) is 11.1. The maximum atomic E-state index is 5.33. The molecule has 56 heavy (non-hydrogen) atoms. The summed E-state index contributed by atoms with van der Waals surface area (Å²) in [5.41, 5.74) is 17.0. The van der Waals surface area contributed by atoms with E-state index in [1.54, 1.807) is 6.20 Å². The van der Waals surface area contributed by atoms with Crippen molar-refractivity contribution in [3.05, 3.63) is 200 Å². The molecule has 2 heterocycles. The van der Waals surface area contributed by atoms with Crippen molar-refractivity contribution in [2.75, 3.05) is 0 Å². The van der Waals surface area contributed by atoms with Crippen molar-refractivity contribution in [1.82, 2.24) is 15.0 Å². The molecule has 3 heteroatoms. The summed E-state index contributed by atoms with van der Waals surface area (Å²) in [6, 6.07) is 67.1. The summed E-state index contributed by atoms with van der Waals surface area (Å²) in [6.07, 6.45) is 3.70. The molecule has 0 atom stereocenters. The van der Waals surface area contributed by atoms with Crippen LogP contribution in [0.25, 0.3) is 111 Å². The van der Waals surface area contributed by atoms with Gasteiger partial charge in [0.05, 0.1) is 11.4 Å². The molecule has 0 saturated heterocycles. The van der Waals surface area contributed by atoms with Crippen LogP contribution in [0, 0.1) is 0 Å². The molecule has 8 aromatic carbocycles. The second-order valence-corrected chi connectivity index (χ2v) is 14.3. The van der Waals surface area contributed by atoms with Crippen LogP contribution in [0.3, 0.4) is 0 Å². The summed E-state index contributed by atoms with van der Waals surface area (Å²) >= 11 is 0. The Kier molecular flexibility index (Phi) is 7.49. The Morgan fingerprint density at radius 1 is 0.304 bits per heavy atom. The molecule has 1 aliphatic carbocycles. The molecule has 3 nitrogen and oxygen atoms in total. The van der Waals surface area contributed by atoms with Gasteiger partial charge in [-0.25, -0.2) is 9.97 Å². The molecule has 10 aromatic rings. The number of hydrogen-bond donors (Lipinski definition) is 0. The largest absolute Gasteiger partial charge is 0.264 e. The summed E-state index contributed by atoms with van der Waals surface area (Å²) in [4.78, 5) is 15.0. The minimum Gasteiger partial charge on any atom is -0.264 e. The van der Waals surface area contributed by atoms with Crippen molar-refractivity contribution in [3.8, 4) is 89.5 Å². The van der Waals surface area contributed by atoms with Crippen LogP contribution in [0.2, 0.25) is 0 Å². The van der Waals surface area contributed by atoms with Gasteiger partial charge in [0.1, 0.15) is 0 Å². The maximum absolute atomic E-state index is 5.33. The van der Waals surface area contributed by atoms with Gasteiger partial charge >= 0.3 is 0 Å². The molecule has 2 aromatic heterocycles. The normalized spacial score (nSPS) is 11.6. The van der Waals surface area contributed by atoms with E-state index < -0.39 is 0 Å². The van der Waals surface area contributed by atoms with Crippen molar-refractivity contribution in [2.24, 2.45) is 0 Å². The Balaban J connectivity index is 1.17. The molecule has 260 valence electrons. The number of fused-ring (bicyclic) bond motifs is 4. The zero-order valence-electron chi connectivity index (χ0n) is 30.4. The van der Waals surface area contributed by atoms with Gasteiger partial charge in [0, 0.05) is 29.1 Å². The first-order valence-corrected chi connectivity index (χ1v) is 19.0. The lowest BCUT2D eigenvalue weighted by Gasteiger charge is -2.20. The molecule has 0 fully saturated rings. The quantitative estimate of drug-likeness (QED) is 0.172. The number of rotatable bonds is 6. The summed E-state index contributed by atoms with van der Waals surface area (Å²) in [6.45, 7) is 0. The SMILES string of the molecule is c1ccc(-c2cc(-c3ccc(-c4cccnc4)cc3)nc(-c3ccc4c5c(cccc35)-c3c-4c(-c4ccccc4)c4ccccc4c3-c3ccccc3)n2)cc1. The van der Waals surface area contributed by atoms with E-state index in [2.05, 4.69) is 181 Å². The molecule has 0 spiro atoms. The zero-order valence-corrected chi connectivity index (χ0v) is 30.4. The third kappa shape index (κ3) is 5.17. The molecule has 11 rings (SSSR count). The summed E-state index contributed by atoms with van der Waals surface area (Å²) in [5, 5.41) is 4.88. The minimum atomic E-state index is 0.703. The second-order valence-electron chi connectivity index (χ2n) is 14.3. The molecular formula is C53H33N3. The number of benzene rings is 8. The van der Waals surface area contributed by atoms with Gasteiger partial charge in [0.2, 0.25) is 0 Å². The van der Waals surface area contributed by atoms with E-state index in [-0.39, 0.29) is 0 Å². The Morgan fingerprint density at radius 3 is 1.38 bits per heavy atom. The lowest BCUT2D eigenvalue weighted by molar-refractivity contribution is 1.19. The van der Waals surface area contributed by atoms with Gasteiger partial charge in [-0.1, -0.05) is 170 Å². The highest BCUT2D eigenvalue weighted by atomic mass is 14.9. The van der Waals surface area contributed by atoms with E-state index >= 15 is 0 Å². The van der Waals surface area contributed by atoms with Crippen LogP contribution < -0.4 is 0 Å². The van der Waals surface area contributed by atoms with Crippen LogP contribution in [0.15, 0.2) is 200 Å². The summed E-state index contributed by atoms with van der Waals surface area (Å²) < 4.78 is 0. The van der Waals surface area contributed by atoms with E-state index in [1.807, 2.05) is 18.3 Å². The lowest BCUT2D eigenvalue weighted by Crippen LogP contribution is -1.97. The average Bonchev–Trinajstić information content (AvgIpc) is 3.61. The highest BCUT2D eigenvalue weighted by Crippen LogP contribution is 2.58. The van der Waals surface area contributed by atoms with Gasteiger partial charge in [-0.15, -0.1) is 0 Å². The van der Waals surface area contributed by atoms with Crippen molar-refractivity contribution in [1.29, 1.82) is 0 Å². The number of hydrogen-bond acceptors (Lipinski definition) is 3. The van der Waals surface area contributed by atoms with E-state index in [0.717, 1.165) is 44.6 Å². The standard InChI is InChI=1S/C53H33N3/c1-4-14-35(15-5-1)46-32-47(36-27-25-34(26-28-36)39-20-13-31-54-33-39)56-53(55-46)43-29-30-45-50-42(43)23-12-24-44(50)51-48(37-16-6-2-7-17-37)40-21-10-11-22-41(40)49(52(45)51)38-18-8-3-9-19-38/h1-33H. The molecule has 0 radical (unpaired) electrons. The van der Waals surface area contributed by atoms with Gasteiger partial charge in [-0.2, -0.15) is 0 Å². The van der Waals surface area contributed by atoms with Crippen molar-refractivity contribution in [3.63, 3.8) is 0 Å². The molecule has 0 N–H and O–H groups in total. The van der Waals surface area contributed by atoms with Gasteiger partial charge in [0.15, 0.2) is 5.82 Å². The first-order valence-electron chi connectivity index (χ1n) is 19.0. The van der Waals surface area contributed by atoms with Crippen molar-refractivity contribution in [2.45, 2.75) is 0 Å². The monoisotopic (exact) mass is 711 g/mol. The van der Waals surface area contributed by atoms with Crippen molar-refractivity contribution < 1.29 is 0 Å². The Hall–Kier alpha value is -7.49. The van der Waals surface area contributed by atoms with Crippen LogP contribution in [-0.4, -0.2) is 15.0 Å². The fourth-order valence-electron chi connectivity index (χ4n) is 8.64. The minimum absolute atomic E-state index is 0.703. The smallest absolute Gasteiger partial charge is 0.161 e. The van der Waals surface area contributed by atoms with Crippen LogP contribution in [0.4, 0.5) is 0 Å². The molecule has 0 unspecified atom stereocenters. The Labute approximate surface area is 325 Å². The average molecular weight is 712 g/mol. The van der Waals surface area contributed by atoms with E-state index in [0.29, 0.717) is 5.82 Å². The van der Waals surface area contributed by atoms with E-state index in [1.165, 1.54) is 60.7 Å². The molecule has 0 aliphatic heterocycles. The number of nitrogens with zero attached hydrogens (tertiary/aromatic N) is 3. The number of aromatic nitrogens is 3. The van der Waals surface area contributed by atoms with E-state index in [9.17, 15) is 0 Å². The Morgan fingerprint density at radius 2 is 0.786 bits per heavy atom. The van der Waals surface area contributed by atoms with Crippen molar-refractivity contribution >= 4 is 21.5 Å². The van der Waals surface area contributed by atoms with Crippen LogP contribution in [-0.2, 0) is 0 Å². The predicted molar refractivity (Wildman–Crippen MR) is 232 cm³/mol. The van der Waals surface area contributed by atoms with E-state index in [4.69, 9.17) is 9.97 Å². The zero-order chi connectivity index (χ0) is 37.0. The molecular weight excluding hydrogens is 679 g/mol. The summed E-state index contributed by atoms with van der Waals surface area (Å²) in [7, 11) is 0. The lowest BCUT2D eigenvalue weighted by atomic mass is 9.82. The fraction of sp³-hybridized carbons (Fsp3) is 0. The molecule has 0 saturated carbocycles. The highest BCUT2D eigenvalue weighted by Gasteiger charge is 2.31. The Bertz CT molecular complexity index is 2990. The fourth-order valence-corrected chi connectivity index (χ4v) is 8.64. The van der Waals surface area contributed by atoms with Gasteiger partial charge in [0.25, 0.3) is 0 Å². The van der Waals surface area contributed by atoms with Crippen LogP contribution >= 0.6 is 0 Å². The third-order valence-corrected chi connectivity index (χ3v) is 11.1.